The maximum Gasteiger partial charge on any atom is 0.253 e. The summed E-state index contributed by atoms with van der Waals surface area (Å²) in [6.45, 7) is 9.25. The van der Waals surface area contributed by atoms with E-state index < -0.39 is 0 Å². The second-order valence-electron chi connectivity index (χ2n) is 7.48. The lowest BCUT2D eigenvalue weighted by atomic mass is 10.1. The van der Waals surface area contributed by atoms with E-state index in [1.54, 1.807) is 4.52 Å². The molecular weight excluding hydrogens is 426 g/mol. The Morgan fingerprint density at radius 1 is 1.09 bits per heavy atom. The van der Waals surface area contributed by atoms with Crippen molar-refractivity contribution in [3.05, 3.63) is 35.2 Å². The van der Waals surface area contributed by atoms with E-state index in [0.29, 0.717) is 54.2 Å². The first-order chi connectivity index (χ1) is 15.5. The molecular formula is C23H31N5O3S. The van der Waals surface area contributed by atoms with Gasteiger partial charge in [0.15, 0.2) is 11.5 Å². The lowest BCUT2D eigenvalue weighted by Crippen LogP contribution is -2.14. The number of nitrogens with zero attached hydrogens (tertiary/aromatic N) is 4. The number of amides is 1. The average molecular weight is 458 g/mol. The van der Waals surface area contributed by atoms with Gasteiger partial charge in [0.25, 0.3) is 5.78 Å². The number of nitrogens with one attached hydrogen (secondary N) is 1. The number of anilines is 1. The largest absolute Gasteiger partial charge is 0.490 e. The molecule has 0 aliphatic rings. The van der Waals surface area contributed by atoms with Crippen molar-refractivity contribution in [3.8, 4) is 11.5 Å². The molecule has 0 saturated heterocycles. The zero-order chi connectivity index (χ0) is 23.1. The number of thioether (sulfide) groups is 1. The maximum absolute atomic E-state index is 12.7. The molecule has 0 aliphatic carbocycles. The quantitative estimate of drug-likeness (QED) is 0.420. The van der Waals surface area contributed by atoms with Crippen molar-refractivity contribution >= 4 is 29.1 Å². The summed E-state index contributed by atoms with van der Waals surface area (Å²) in [5, 5.41) is 8.12. The van der Waals surface area contributed by atoms with Gasteiger partial charge in [-0.25, -0.2) is 9.50 Å². The average Bonchev–Trinajstić information content (AvgIpc) is 3.20. The molecule has 32 heavy (non-hydrogen) atoms. The van der Waals surface area contributed by atoms with Gasteiger partial charge in [0.05, 0.1) is 13.2 Å². The number of ether oxygens (including phenoxy) is 2. The molecule has 0 radical (unpaired) electrons. The van der Waals surface area contributed by atoms with Crippen molar-refractivity contribution in [1.29, 1.82) is 0 Å². The molecule has 0 spiro atoms. The van der Waals surface area contributed by atoms with Crippen LogP contribution in [0, 0.1) is 13.8 Å². The normalized spacial score (nSPS) is 11.0. The van der Waals surface area contributed by atoms with Crippen LogP contribution in [0.5, 0.6) is 11.5 Å². The van der Waals surface area contributed by atoms with Crippen LogP contribution >= 0.6 is 11.8 Å². The van der Waals surface area contributed by atoms with Crippen LogP contribution in [0.25, 0.3) is 5.78 Å². The third-order valence-electron chi connectivity index (χ3n) is 4.96. The molecule has 172 valence electrons. The van der Waals surface area contributed by atoms with Crippen molar-refractivity contribution in [3.63, 3.8) is 0 Å². The van der Waals surface area contributed by atoms with Crippen molar-refractivity contribution < 1.29 is 14.3 Å². The molecule has 0 bridgehead atoms. The SMILES string of the molecule is CCCOc1ccc(NC(=O)CCc2c(C)nc3nc(SC)nn3c2C)cc1OCCC. The van der Waals surface area contributed by atoms with Crippen LogP contribution in [0.3, 0.4) is 0 Å². The first-order valence-corrected chi connectivity index (χ1v) is 12.2. The maximum atomic E-state index is 12.7. The number of hydrogen-bond acceptors (Lipinski definition) is 7. The third-order valence-corrected chi connectivity index (χ3v) is 5.50. The van der Waals surface area contributed by atoms with E-state index in [0.717, 1.165) is 29.8 Å². The third kappa shape index (κ3) is 5.70. The van der Waals surface area contributed by atoms with E-state index in [2.05, 4.69) is 34.2 Å². The zero-order valence-corrected chi connectivity index (χ0v) is 20.2. The van der Waals surface area contributed by atoms with Crippen molar-refractivity contribution in [2.45, 2.75) is 58.5 Å². The van der Waals surface area contributed by atoms with Crippen LogP contribution < -0.4 is 14.8 Å². The van der Waals surface area contributed by atoms with E-state index in [1.807, 2.05) is 38.3 Å². The fourth-order valence-electron chi connectivity index (χ4n) is 3.34. The molecule has 0 saturated carbocycles. The van der Waals surface area contributed by atoms with E-state index >= 15 is 0 Å². The highest BCUT2D eigenvalue weighted by molar-refractivity contribution is 7.98. The number of benzene rings is 1. The van der Waals surface area contributed by atoms with E-state index in [-0.39, 0.29) is 5.91 Å². The van der Waals surface area contributed by atoms with E-state index in [1.165, 1.54) is 11.8 Å². The minimum atomic E-state index is -0.0732. The predicted molar refractivity (Wildman–Crippen MR) is 127 cm³/mol. The van der Waals surface area contributed by atoms with Gasteiger partial charge in [-0.05, 0) is 57.1 Å². The Labute approximate surface area is 193 Å². The lowest BCUT2D eigenvalue weighted by Gasteiger charge is -2.14. The van der Waals surface area contributed by atoms with Gasteiger partial charge in [-0.1, -0.05) is 25.6 Å². The van der Waals surface area contributed by atoms with Gasteiger partial charge in [0.1, 0.15) is 0 Å². The second-order valence-corrected chi connectivity index (χ2v) is 8.25. The van der Waals surface area contributed by atoms with Crippen molar-refractivity contribution in [1.82, 2.24) is 19.6 Å². The van der Waals surface area contributed by atoms with Crippen molar-refractivity contribution in [2.24, 2.45) is 0 Å². The number of carbonyl (C=O) groups is 1. The molecule has 8 nitrogen and oxygen atoms in total. The Bertz CT molecular complexity index is 1080. The molecule has 0 fully saturated rings. The number of aryl methyl sites for hydroxylation is 2. The van der Waals surface area contributed by atoms with Gasteiger partial charge in [0.2, 0.25) is 11.1 Å². The van der Waals surface area contributed by atoms with Crippen LogP contribution in [0.4, 0.5) is 5.69 Å². The highest BCUT2D eigenvalue weighted by Crippen LogP contribution is 2.31. The molecule has 0 aliphatic heterocycles. The van der Waals surface area contributed by atoms with Crippen LogP contribution in [0.15, 0.2) is 23.4 Å². The second kappa shape index (κ2) is 11.2. The molecule has 3 aromatic rings. The Morgan fingerprint density at radius 2 is 1.81 bits per heavy atom. The summed E-state index contributed by atoms with van der Waals surface area (Å²) in [7, 11) is 0. The van der Waals surface area contributed by atoms with Crippen LogP contribution in [-0.4, -0.2) is 45.0 Å². The van der Waals surface area contributed by atoms with Gasteiger partial charge in [-0.2, -0.15) is 4.98 Å². The highest BCUT2D eigenvalue weighted by Gasteiger charge is 2.15. The first-order valence-electron chi connectivity index (χ1n) is 10.9. The number of carbonyl (C=O) groups excluding carboxylic acids is 1. The Morgan fingerprint density at radius 3 is 2.50 bits per heavy atom. The Hall–Kier alpha value is -2.81. The minimum absolute atomic E-state index is 0.0732. The fraction of sp³-hybridized carbons (Fsp3) is 0.478. The molecule has 1 amide bonds. The summed E-state index contributed by atoms with van der Waals surface area (Å²) < 4.78 is 13.3. The van der Waals surface area contributed by atoms with Gasteiger partial charge in [0, 0.05) is 29.6 Å². The topological polar surface area (TPSA) is 90.6 Å². The summed E-state index contributed by atoms with van der Waals surface area (Å²) in [6, 6.07) is 5.50. The summed E-state index contributed by atoms with van der Waals surface area (Å²) in [5.41, 5.74) is 3.53. The fourth-order valence-corrected chi connectivity index (χ4v) is 3.68. The summed E-state index contributed by atoms with van der Waals surface area (Å²) in [5.74, 6) is 1.86. The summed E-state index contributed by atoms with van der Waals surface area (Å²) in [6.07, 6.45) is 4.64. The van der Waals surface area contributed by atoms with Gasteiger partial charge >= 0.3 is 0 Å². The Kier molecular flexibility index (Phi) is 8.33. The highest BCUT2D eigenvalue weighted by atomic mass is 32.2. The van der Waals surface area contributed by atoms with E-state index in [9.17, 15) is 4.79 Å². The number of fused-ring (bicyclic) bond motifs is 1. The number of rotatable bonds is 11. The first kappa shape index (κ1) is 23.8. The number of hydrogen-bond donors (Lipinski definition) is 1. The molecule has 1 N–H and O–H groups in total. The minimum Gasteiger partial charge on any atom is -0.490 e. The van der Waals surface area contributed by atoms with Crippen molar-refractivity contribution in [2.75, 3.05) is 24.8 Å². The molecule has 1 aromatic carbocycles. The predicted octanol–water partition coefficient (Wildman–Crippen LogP) is 4.61. The molecule has 9 heteroatoms. The van der Waals surface area contributed by atoms with Gasteiger partial charge in [-0.3, -0.25) is 4.79 Å². The van der Waals surface area contributed by atoms with Crippen LogP contribution in [0.2, 0.25) is 0 Å². The molecule has 0 unspecified atom stereocenters. The van der Waals surface area contributed by atoms with E-state index in [4.69, 9.17) is 9.47 Å². The molecule has 3 rings (SSSR count). The Balaban J connectivity index is 1.69. The van der Waals surface area contributed by atoms with Crippen LogP contribution in [-0.2, 0) is 11.2 Å². The standard InChI is InChI=1S/C23H31N5O3S/c1-6-12-30-19-10-8-17(14-20(19)31-13-7-2)25-21(29)11-9-18-15(3)24-22-26-23(32-5)27-28(22)16(18)4/h8,10,14H,6-7,9,11-13H2,1-5H3,(H,25,29). The number of aromatic nitrogens is 4. The lowest BCUT2D eigenvalue weighted by molar-refractivity contribution is -0.116. The molecule has 2 heterocycles. The smallest absolute Gasteiger partial charge is 0.253 e. The summed E-state index contributed by atoms with van der Waals surface area (Å²) in [4.78, 5) is 21.6. The zero-order valence-electron chi connectivity index (χ0n) is 19.4. The monoisotopic (exact) mass is 457 g/mol. The summed E-state index contributed by atoms with van der Waals surface area (Å²) >= 11 is 1.48. The van der Waals surface area contributed by atoms with Gasteiger partial charge in [-0.15, -0.1) is 5.10 Å². The van der Waals surface area contributed by atoms with Crippen LogP contribution in [0.1, 0.15) is 50.1 Å². The van der Waals surface area contributed by atoms with Gasteiger partial charge < -0.3 is 14.8 Å². The molecule has 2 aromatic heterocycles. The molecule has 0 atom stereocenters.